The average Bonchev–Trinajstić information content (AvgIpc) is 2.73. The molecule has 96 valence electrons. The van der Waals surface area contributed by atoms with E-state index < -0.39 is 0 Å². The molecule has 1 atom stereocenters. The van der Waals surface area contributed by atoms with Crippen LogP contribution in [0.15, 0.2) is 40.3 Å². The van der Waals surface area contributed by atoms with E-state index in [1.54, 1.807) is 16.3 Å². The molecule has 1 unspecified atom stereocenters. The lowest BCUT2D eigenvalue weighted by Crippen LogP contribution is -2.17. The van der Waals surface area contributed by atoms with Gasteiger partial charge in [0, 0.05) is 11.8 Å². The van der Waals surface area contributed by atoms with Crippen LogP contribution in [0.2, 0.25) is 0 Å². The van der Waals surface area contributed by atoms with Crippen LogP contribution < -0.4 is 5.69 Å². The van der Waals surface area contributed by atoms with Gasteiger partial charge in [-0.1, -0.05) is 49.0 Å². The largest absolute Gasteiger partial charge is 0.343 e. The van der Waals surface area contributed by atoms with Gasteiger partial charge < -0.3 is 0 Å². The highest BCUT2D eigenvalue weighted by molar-refractivity contribution is 7.99. The Kier molecular flexibility index (Phi) is 4.25. The van der Waals surface area contributed by atoms with Crippen LogP contribution in [0.3, 0.4) is 0 Å². The molecule has 5 heteroatoms. The summed E-state index contributed by atoms with van der Waals surface area (Å²) < 4.78 is 1.70. The van der Waals surface area contributed by atoms with E-state index in [9.17, 15) is 4.79 Å². The predicted molar refractivity (Wildman–Crippen MR) is 73.9 cm³/mol. The normalized spacial score (nSPS) is 12.6. The van der Waals surface area contributed by atoms with Gasteiger partial charge in [-0.2, -0.15) is 0 Å². The van der Waals surface area contributed by atoms with Gasteiger partial charge in [0.15, 0.2) is 5.16 Å². The Balaban J connectivity index is 2.17. The maximum absolute atomic E-state index is 11.6. The fraction of sp³-hybridized carbons (Fsp3) is 0.385. The van der Waals surface area contributed by atoms with Crippen molar-refractivity contribution < 1.29 is 0 Å². The van der Waals surface area contributed by atoms with Crippen LogP contribution in [0.25, 0.3) is 0 Å². The molecule has 0 aliphatic heterocycles. The second-order valence-corrected chi connectivity index (χ2v) is 5.44. The summed E-state index contributed by atoms with van der Waals surface area (Å²) in [6.45, 7) is 4.88. The van der Waals surface area contributed by atoms with Crippen LogP contribution in [-0.2, 0) is 6.54 Å². The highest BCUT2D eigenvalue weighted by Crippen LogP contribution is 2.32. The number of thioether (sulfide) groups is 1. The molecule has 0 radical (unpaired) electrons. The summed E-state index contributed by atoms with van der Waals surface area (Å²) in [6.07, 6.45) is 0.923. The van der Waals surface area contributed by atoms with Gasteiger partial charge in [-0.25, -0.2) is 9.89 Å². The molecule has 1 N–H and O–H groups in total. The van der Waals surface area contributed by atoms with E-state index in [0.717, 1.165) is 11.6 Å². The molecule has 0 spiro atoms. The molecule has 2 rings (SSSR count). The minimum Gasteiger partial charge on any atom is -0.270 e. The number of nitrogens with zero attached hydrogens (tertiary/aromatic N) is 2. The highest BCUT2D eigenvalue weighted by Gasteiger charge is 2.13. The van der Waals surface area contributed by atoms with Crippen LogP contribution in [0.4, 0.5) is 0 Å². The predicted octanol–water partition coefficient (Wildman–Crippen LogP) is 2.83. The Hall–Kier alpha value is -1.49. The molecule has 0 saturated carbocycles. The van der Waals surface area contributed by atoms with Crippen molar-refractivity contribution in [3.8, 4) is 0 Å². The molecule has 1 aromatic carbocycles. The quantitative estimate of drug-likeness (QED) is 0.844. The first-order chi connectivity index (χ1) is 8.72. The van der Waals surface area contributed by atoms with Gasteiger partial charge in [0.2, 0.25) is 0 Å². The van der Waals surface area contributed by atoms with Crippen LogP contribution in [0, 0.1) is 0 Å². The average molecular weight is 263 g/mol. The van der Waals surface area contributed by atoms with Crippen LogP contribution in [0.1, 0.15) is 31.1 Å². The third kappa shape index (κ3) is 2.85. The summed E-state index contributed by atoms with van der Waals surface area (Å²) >= 11 is 1.60. The van der Waals surface area contributed by atoms with Gasteiger partial charge in [-0.05, 0) is 18.9 Å². The molecule has 0 amide bonds. The number of aromatic amines is 1. The molecule has 0 bridgehead atoms. The lowest BCUT2D eigenvalue weighted by atomic mass is 10.2. The van der Waals surface area contributed by atoms with Crippen molar-refractivity contribution in [2.24, 2.45) is 0 Å². The fourth-order valence-electron chi connectivity index (χ4n) is 1.76. The van der Waals surface area contributed by atoms with Crippen LogP contribution >= 0.6 is 11.8 Å². The van der Waals surface area contributed by atoms with Crippen molar-refractivity contribution in [3.63, 3.8) is 0 Å². The smallest absolute Gasteiger partial charge is 0.270 e. The van der Waals surface area contributed by atoms with E-state index >= 15 is 0 Å². The first-order valence-corrected chi connectivity index (χ1v) is 6.97. The molecule has 1 aromatic heterocycles. The zero-order valence-corrected chi connectivity index (χ0v) is 11.4. The summed E-state index contributed by atoms with van der Waals surface area (Å²) in [5.41, 5.74) is 1.11. The van der Waals surface area contributed by atoms with E-state index in [-0.39, 0.29) is 10.9 Å². The summed E-state index contributed by atoms with van der Waals surface area (Å²) in [5, 5.41) is 7.64. The van der Waals surface area contributed by atoms with Gasteiger partial charge in [0.25, 0.3) is 0 Å². The molecule has 0 fully saturated rings. The second-order valence-electron chi connectivity index (χ2n) is 4.13. The standard InChI is InChI=1S/C13H17N3OS/c1-3-9-16-12(17)14-15-13(16)18-10(2)11-7-5-4-6-8-11/h4-8,10H,3,9H2,1-2H3,(H,14,17). The maximum atomic E-state index is 11.6. The SMILES string of the molecule is CCCn1c(SC(C)c2ccccc2)n[nH]c1=O. The minimum atomic E-state index is -0.125. The molecule has 0 saturated heterocycles. The summed E-state index contributed by atoms with van der Waals surface area (Å²) in [4.78, 5) is 11.6. The number of nitrogens with one attached hydrogen (secondary N) is 1. The van der Waals surface area contributed by atoms with E-state index in [1.807, 2.05) is 18.2 Å². The molecule has 4 nitrogen and oxygen atoms in total. The number of benzene rings is 1. The maximum Gasteiger partial charge on any atom is 0.343 e. The lowest BCUT2D eigenvalue weighted by molar-refractivity contribution is 0.603. The van der Waals surface area contributed by atoms with Gasteiger partial charge in [0.05, 0.1) is 0 Å². The zero-order chi connectivity index (χ0) is 13.0. The Labute approximate surface area is 110 Å². The Morgan fingerprint density at radius 1 is 1.39 bits per heavy atom. The molecule has 0 aliphatic carbocycles. The number of hydrogen-bond acceptors (Lipinski definition) is 3. The second kappa shape index (κ2) is 5.91. The topological polar surface area (TPSA) is 50.7 Å². The molecular weight excluding hydrogens is 246 g/mol. The molecule has 0 aliphatic rings. The van der Waals surface area contributed by atoms with Gasteiger partial charge in [-0.3, -0.25) is 4.57 Å². The van der Waals surface area contributed by atoms with Crippen LogP contribution in [0.5, 0.6) is 0 Å². The third-order valence-electron chi connectivity index (χ3n) is 2.72. The van der Waals surface area contributed by atoms with Gasteiger partial charge in [-0.15, -0.1) is 5.10 Å². The minimum absolute atomic E-state index is 0.125. The van der Waals surface area contributed by atoms with Gasteiger partial charge in [0.1, 0.15) is 0 Å². The first-order valence-electron chi connectivity index (χ1n) is 6.09. The Morgan fingerprint density at radius 2 is 2.11 bits per heavy atom. The van der Waals surface area contributed by atoms with E-state index in [4.69, 9.17) is 0 Å². The number of hydrogen-bond donors (Lipinski definition) is 1. The van der Waals surface area contributed by atoms with Crippen molar-refractivity contribution in [1.82, 2.24) is 14.8 Å². The van der Waals surface area contributed by atoms with Crippen LogP contribution in [-0.4, -0.2) is 14.8 Å². The van der Waals surface area contributed by atoms with E-state index in [1.165, 1.54) is 5.56 Å². The monoisotopic (exact) mass is 263 g/mol. The Morgan fingerprint density at radius 3 is 2.78 bits per heavy atom. The number of H-pyrrole nitrogens is 1. The van der Waals surface area contributed by atoms with E-state index in [0.29, 0.717) is 6.54 Å². The van der Waals surface area contributed by atoms with Crippen molar-refractivity contribution in [3.05, 3.63) is 46.4 Å². The number of aromatic nitrogens is 3. The van der Waals surface area contributed by atoms with Crippen molar-refractivity contribution in [2.45, 2.75) is 37.2 Å². The lowest BCUT2D eigenvalue weighted by Gasteiger charge is -2.11. The highest BCUT2D eigenvalue weighted by atomic mass is 32.2. The molecule has 18 heavy (non-hydrogen) atoms. The van der Waals surface area contributed by atoms with Gasteiger partial charge >= 0.3 is 5.69 Å². The number of rotatable bonds is 5. The van der Waals surface area contributed by atoms with Crippen molar-refractivity contribution in [2.75, 3.05) is 0 Å². The van der Waals surface area contributed by atoms with Crippen molar-refractivity contribution >= 4 is 11.8 Å². The molecule has 1 heterocycles. The zero-order valence-electron chi connectivity index (χ0n) is 10.6. The summed E-state index contributed by atoms with van der Waals surface area (Å²) in [7, 11) is 0. The van der Waals surface area contributed by atoms with Crippen molar-refractivity contribution in [1.29, 1.82) is 0 Å². The molecule has 2 aromatic rings. The fourth-order valence-corrected chi connectivity index (χ4v) is 2.77. The van der Waals surface area contributed by atoms with E-state index in [2.05, 4.69) is 36.2 Å². The first kappa shape index (κ1) is 13.0. The third-order valence-corrected chi connectivity index (χ3v) is 3.87. The summed E-state index contributed by atoms with van der Waals surface area (Å²) in [5.74, 6) is 0. The molecular formula is C13H17N3OS. The Bertz CT molecular complexity index is 547. The summed E-state index contributed by atoms with van der Waals surface area (Å²) in [6, 6.07) is 10.2.